The predicted octanol–water partition coefficient (Wildman–Crippen LogP) is 4.10. The van der Waals surface area contributed by atoms with E-state index >= 15 is 0 Å². The number of aromatic nitrogens is 2. The monoisotopic (exact) mass is 476 g/mol. The van der Waals surface area contributed by atoms with Gasteiger partial charge in [-0.1, -0.05) is 36.4 Å². The van der Waals surface area contributed by atoms with Gasteiger partial charge in [0.1, 0.15) is 17.3 Å². The van der Waals surface area contributed by atoms with Crippen molar-refractivity contribution in [2.24, 2.45) is 0 Å². The molecule has 0 saturated heterocycles. The number of amides is 2. The van der Waals surface area contributed by atoms with Gasteiger partial charge in [-0.05, 0) is 42.3 Å². The Bertz CT molecular complexity index is 1320. The number of halogens is 1. The first-order chi connectivity index (χ1) is 17.0. The molecular formula is C26H25FN4O4. The first-order valence-corrected chi connectivity index (χ1v) is 11.0. The number of benzene rings is 2. The molecule has 8 nitrogen and oxygen atoms in total. The molecule has 0 unspecified atom stereocenters. The minimum Gasteiger partial charge on any atom is -0.481 e. The van der Waals surface area contributed by atoms with Crippen molar-refractivity contribution in [3.8, 4) is 11.6 Å². The third-order valence-electron chi connectivity index (χ3n) is 5.50. The molecule has 0 fully saturated rings. The maximum atomic E-state index is 14.3. The van der Waals surface area contributed by atoms with Crippen LogP contribution in [0.1, 0.15) is 39.8 Å². The standard InChI is InChI=1S/C26H25FN4O4/c1-17-8-3-4-10-19(17)21(14-24(32)28-16-18-9-7-13-35-18)29-26(33)22-15-25(34-2)31(30-22)23-12-6-5-11-20(23)27/h3-13,15,21H,14,16H2,1-2H3,(H,28,32)(H,29,33)/t21-/m0/s1. The summed E-state index contributed by atoms with van der Waals surface area (Å²) in [5, 5.41) is 9.96. The second kappa shape index (κ2) is 10.7. The summed E-state index contributed by atoms with van der Waals surface area (Å²) in [6.07, 6.45) is 1.54. The van der Waals surface area contributed by atoms with Crippen molar-refractivity contribution in [3.05, 3.63) is 101 Å². The Labute approximate surface area is 201 Å². The van der Waals surface area contributed by atoms with Crippen molar-refractivity contribution in [3.63, 3.8) is 0 Å². The summed E-state index contributed by atoms with van der Waals surface area (Å²) in [6.45, 7) is 2.15. The highest BCUT2D eigenvalue weighted by Gasteiger charge is 2.24. The van der Waals surface area contributed by atoms with Gasteiger partial charge in [0.25, 0.3) is 5.91 Å². The number of hydrogen-bond donors (Lipinski definition) is 2. The quantitative estimate of drug-likeness (QED) is 0.379. The van der Waals surface area contributed by atoms with Gasteiger partial charge in [0.05, 0.1) is 32.4 Å². The van der Waals surface area contributed by atoms with Crippen molar-refractivity contribution in [2.45, 2.75) is 25.9 Å². The average Bonchev–Trinajstić information content (AvgIpc) is 3.53. The van der Waals surface area contributed by atoms with E-state index in [1.54, 1.807) is 24.3 Å². The van der Waals surface area contributed by atoms with Crippen molar-refractivity contribution in [1.82, 2.24) is 20.4 Å². The normalized spacial score (nSPS) is 11.6. The molecule has 4 rings (SSSR count). The van der Waals surface area contributed by atoms with E-state index in [4.69, 9.17) is 9.15 Å². The number of hydrogen-bond acceptors (Lipinski definition) is 5. The van der Waals surface area contributed by atoms with Crippen molar-refractivity contribution < 1.29 is 23.1 Å². The molecule has 0 bridgehead atoms. The third-order valence-corrected chi connectivity index (χ3v) is 5.50. The number of rotatable bonds is 9. The van der Waals surface area contributed by atoms with E-state index in [1.807, 2.05) is 31.2 Å². The summed E-state index contributed by atoms with van der Waals surface area (Å²) in [6, 6.07) is 17.9. The fourth-order valence-electron chi connectivity index (χ4n) is 3.72. The first-order valence-electron chi connectivity index (χ1n) is 11.0. The second-order valence-electron chi connectivity index (χ2n) is 7.88. The number of aryl methyl sites for hydroxylation is 1. The van der Waals surface area contributed by atoms with Gasteiger partial charge in [-0.25, -0.2) is 4.39 Å². The lowest BCUT2D eigenvalue weighted by Gasteiger charge is -2.20. The summed E-state index contributed by atoms with van der Waals surface area (Å²) in [7, 11) is 1.41. The Hall–Kier alpha value is -4.40. The van der Waals surface area contributed by atoms with Crippen LogP contribution in [0.2, 0.25) is 0 Å². The Kier molecular flexibility index (Phi) is 7.25. The number of carbonyl (C=O) groups excluding carboxylic acids is 2. The van der Waals surface area contributed by atoms with Gasteiger partial charge >= 0.3 is 0 Å². The van der Waals surface area contributed by atoms with Gasteiger partial charge in [-0.2, -0.15) is 9.78 Å². The van der Waals surface area contributed by atoms with E-state index in [2.05, 4.69) is 15.7 Å². The molecule has 2 N–H and O–H groups in total. The lowest BCUT2D eigenvalue weighted by atomic mass is 9.98. The lowest BCUT2D eigenvalue weighted by Crippen LogP contribution is -2.34. The zero-order valence-electron chi connectivity index (χ0n) is 19.3. The lowest BCUT2D eigenvalue weighted by molar-refractivity contribution is -0.121. The number of ether oxygens (including phenoxy) is 1. The number of nitrogens with one attached hydrogen (secondary N) is 2. The molecule has 1 atom stereocenters. The Morgan fingerprint density at radius 1 is 1.11 bits per heavy atom. The van der Waals surface area contributed by atoms with Crippen LogP contribution in [0.5, 0.6) is 5.88 Å². The van der Waals surface area contributed by atoms with Gasteiger partial charge < -0.3 is 19.8 Å². The molecule has 0 aliphatic heterocycles. The highest BCUT2D eigenvalue weighted by molar-refractivity contribution is 5.93. The van der Waals surface area contributed by atoms with E-state index in [1.165, 1.54) is 36.3 Å². The molecule has 9 heteroatoms. The summed E-state index contributed by atoms with van der Waals surface area (Å²) in [4.78, 5) is 25.9. The fourth-order valence-corrected chi connectivity index (χ4v) is 3.72. The second-order valence-corrected chi connectivity index (χ2v) is 7.88. The van der Waals surface area contributed by atoms with Crippen LogP contribution in [0.15, 0.2) is 77.4 Å². The van der Waals surface area contributed by atoms with Crippen LogP contribution >= 0.6 is 0 Å². The van der Waals surface area contributed by atoms with Crippen molar-refractivity contribution >= 4 is 11.8 Å². The maximum Gasteiger partial charge on any atom is 0.272 e. The van der Waals surface area contributed by atoms with E-state index in [9.17, 15) is 14.0 Å². The molecule has 4 aromatic rings. The van der Waals surface area contributed by atoms with Crippen LogP contribution in [0, 0.1) is 12.7 Å². The molecule has 180 valence electrons. The Balaban J connectivity index is 1.56. The van der Waals surface area contributed by atoms with Crippen LogP contribution in [0.3, 0.4) is 0 Å². The Morgan fingerprint density at radius 2 is 1.89 bits per heavy atom. The summed E-state index contributed by atoms with van der Waals surface area (Å²) in [5.74, 6) is -0.466. The number of para-hydroxylation sites is 1. The van der Waals surface area contributed by atoms with E-state index in [0.717, 1.165) is 11.1 Å². The molecule has 2 heterocycles. The summed E-state index contributed by atoms with van der Waals surface area (Å²) in [5.41, 5.74) is 1.90. The average molecular weight is 477 g/mol. The summed E-state index contributed by atoms with van der Waals surface area (Å²) >= 11 is 0. The minimum atomic E-state index is -0.620. The minimum absolute atomic E-state index is 0.00244. The van der Waals surface area contributed by atoms with Crippen molar-refractivity contribution in [2.75, 3.05) is 7.11 Å². The van der Waals surface area contributed by atoms with Crippen LogP contribution in [0.25, 0.3) is 5.69 Å². The number of methoxy groups -OCH3 is 1. The molecule has 0 radical (unpaired) electrons. The van der Waals surface area contributed by atoms with Gasteiger partial charge in [-0.15, -0.1) is 0 Å². The first kappa shape index (κ1) is 23.7. The molecule has 2 amide bonds. The molecule has 2 aromatic carbocycles. The zero-order chi connectivity index (χ0) is 24.8. The molecule has 0 aliphatic carbocycles. The van der Waals surface area contributed by atoms with Crippen molar-refractivity contribution in [1.29, 1.82) is 0 Å². The topological polar surface area (TPSA) is 98.4 Å². The van der Waals surface area contributed by atoms with Gasteiger partial charge in [0, 0.05) is 6.07 Å². The molecule has 0 spiro atoms. The van der Waals surface area contributed by atoms with E-state index < -0.39 is 17.8 Å². The highest BCUT2D eigenvalue weighted by Crippen LogP contribution is 2.24. The SMILES string of the molecule is COc1cc(C(=O)N[C@@H](CC(=O)NCc2ccco2)c2ccccc2C)nn1-c1ccccc1F. The van der Waals surface area contributed by atoms with E-state index in [0.29, 0.717) is 5.76 Å². The number of furan rings is 1. The third kappa shape index (κ3) is 5.57. The largest absolute Gasteiger partial charge is 0.481 e. The summed E-state index contributed by atoms with van der Waals surface area (Å²) < 4.78 is 26.1. The van der Waals surface area contributed by atoms with Crippen LogP contribution < -0.4 is 15.4 Å². The Morgan fingerprint density at radius 3 is 2.60 bits per heavy atom. The molecule has 2 aromatic heterocycles. The highest BCUT2D eigenvalue weighted by atomic mass is 19.1. The van der Waals surface area contributed by atoms with Gasteiger partial charge in [0.2, 0.25) is 11.8 Å². The van der Waals surface area contributed by atoms with E-state index in [-0.39, 0.29) is 36.1 Å². The fraction of sp³-hybridized carbons (Fsp3) is 0.192. The molecule has 0 saturated carbocycles. The van der Waals surface area contributed by atoms with Crippen LogP contribution in [0.4, 0.5) is 4.39 Å². The number of carbonyl (C=O) groups is 2. The molecule has 0 aliphatic rings. The molecule has 35 heavy (non-hydrogen) atoms. The van der Waals surface area contributed by atoms with Crippen LogP contribution in [-0.2, 0) is 11.3 Å². The maximum absolute atomic E-state index is 14.3. The smallest absolute Gasteiger partial charge is 0.272 e. The molecular weight excluding hydrogens is 451 g/mol. The number of nitrogens with zero attached hydrogens (tertiary/aromatic N) is 2. The van der Waals surface area contributed by atoms with Gasteiger partial charge in [-0.3, -0.25) is 9.59 Å². The van der Waals surface area contributed by atoms with Crippen LogP contribution in [-0.4, -0.2) is 28.7 Å². The van der Waals surface area contributed by atoms with Gasteiger partial charge in [0.15, 0.2) is 5.69 Å². The zero-order valence-corrected chi connectivity index (χ0v) is 19.3. The predicted molar refractivity (Wildman–Crippen MR) is 127 cm³/mol.